The molecule has 0 radical (unpaired) electrons. The normalized spacial score (nSPS) is 23.7. The molecule has 0 amide bonds. The molecule has 0 aromatic heterocycles. The first kappa shape index (κ1) is 13.6. The fraction of sp³-hybridized carbons (Fsp3) is 0.538. The predicted molar refractivity (Wildman–Crippen MR) is 69.8 cm³/mol. The molecule has 2 atom stereocenters. The highest BCUT2D eigenvalue weighted by atomic mass is 35.5. The smallest absolute Gasteiger partial charge is 0.129 e. The summed E-state index contributed by atoms with van der Waals surface area (Å²) in [5.74, 6) is -0.106. The van der Waals surface area contributed by atoms with Crippen molar-refractivity contribution in [2.75, 3.05) is 32.2 Å². The average Bonchev–Trinajstić information content (AvgIpc) is 2.81. The number of ether oxygens (including phenoxy) is 2. The van der Waals surface area contributed by atoms with E-state index in [0.29, 0.717) is 18.7 Å². The number of hydrogen-bond acceptors (Lipinski definition) is 3. The number of anilines is 1. The Balaban J connectivity index is 2.25. The molecule has 1 aliphatic heterocycles. The fourth-order valence-electron chi connectivity index (χ4n) is 2.37. The maximum atomic E-state index is 13.7. The predicted octanol–water partition coefficient (Wildman–Crippen LogP) is 2.41. The number of hydrogen-bond donors (Lipinski definition) is 0. The molecule has 1 saturated heterocycles. The van der Waals surface area contributed by atoms with Crippen molar-refractivity contribution in [3.63, 3.8) is 0 Å². The van der Waals surface area contributed by atoms with Crippen LogP contribution >= 0.6 is 11.6 Å². The maximum Gasteiger partial charge on any atom is 0.129 e. The van der Waals surface area contributed by atoms with Gasteiger partial charge in [-0.05, 0) is 12.1 Å². The highest BCUT2D eigenvalue weighted by Gasteiger charge is 2.34. The molecule has 1 aliphatic rings. The minimum atomic E-state index is -0.266. The Hall–Kier alpha value is -0.840. The van der Waals surface area contributed by atoms with E-state index in [9.17, 15) is 4.39 Å². The SMILES string of the molecule is COC1CN(c2cccc(F)c2CCl)CC1OC. The second kappa shape index (κ2) is 5.87. The van der Waals surface area contributed by atoms with Gasteiger partial charge in [-0.3, -0.25) is 0 Å². The van der Waals surface area contributed by atoms with Crippen molar-refractivity contribution in [3.8, 4) is 0 Å². The van der Waals surface area contributed by atoms with Crippen LogP contribution in [0.5, 0.6) is 0 Å². The standard InChI is InChI=1S/C13H17ClFNO2/c1-17-12-7-16(8-13(12)18-2)11-5-3-4-10(15)9(11)6-14/h3-5,12-13H,6-8H2,1-2H3. The minimum Gasteiger partial charge on any atom is -0.377 e. The molecule has 0 aliphatic carbocycles. The van der Waals surface area contributed by atoms with Crippen LogP contribution in [-0.4, -0.2) is 39.5 Å². The van der Waals surface area contributed by atoms with Gasteiger partial charge in [0, 0.05) is 38.6 Å². The number of methoxy groups -OCH3 is 2. The van der Waals surface area contributed by atoms with Crippen molar-refractivity contribution in [3.05, 3.63) is 29.6 Å². The summed E-state index contributed by atoms with van der Waals surface area (Å²) in [6, 6.07) is 5.01. The third-order valence-corrected chi connectivity index (χ3v) is 3.66. The molecule has 2 rings (SSSR count). The molecule has 5 heteroatoms. The van der Waals surface area contributed by atoms with Gasteiger partial charge in [0.05, 0.1) is 5.88 Å². The van der Waals surface area contributed by atoms with E-state index >= 15 is 0 Å². The first-order valence-electron chi connectivity index (χ1n) is 5.85. The summed E-state index contributed by atoms with van der Waals surface area (Å²) in [5.41, 5.74) is 1.36. The van der Waals surface area contributed by atoms with E-state index in [1.165, 1.54) is 6.07 Å². The lowest BCUT2D eigenvalue weighted by Crippen LogP contribution is -2.27. The van der Waals surface area contributed by atoms with Gasteiger partial charge in [0.1, 0.15) is 18.0 Å². The van der Waals surface area contributed by atoms with E-state index < -0.39 is 0 Å². The molecule has 2 unspecified atom stereocenters. The Kier molecular flexibility index (Phi) is 4.43. The highest BCUT2D eigenvalue weighted by molar-refractivity contribution is 6.17. The van der Waals surface area contributed by atoms with Gasteiger partial charge in [0.15, 0.2) is 0 Å². The maximum absolute atomic E-state index is 13.7. The van der Waals surface area contributed by atoms with Crippen LogP contribution in [-0.2, 0) is 15.4 Å². The molecule has 0 spiro atoms. The number of halogens is 2. The zero-order valence-corrected chi connectivity index (χ0v) is 11.3. The molecular weight excluding hydrogens is 257 g/mol. The zero-order chi connectivity index (χ0) is 13.1. The van der Waals surface area contributed by atoms with E-state index in [2.05, 4.69) is 4.90 Å². The summed E-state index contributed by atoms with van der Waals surface area (Å²) in [6.07, 6.45) is 0.00267. The second-order valence-electron chi connectivity index (χ2n) is 4.32. The summed E-state index contributed by atoms with van der Waals surface area (Å²) in [6.45, 7) is 1.37. The molecule has 1 fully saturated rings. The van der Waals surface area contributed by atoms with E-state index in [1.54, 1.807) is 20.3 Å². The third kappa shape index (κ3) is 2.46. The van der Waals surface area contributed by atoms with Gasteiger partial charge in [-0.1, -0.05) is 6.07 Å². The molecule has 1 aromatic rings. The van der Waals surface area contributed by atoms with Crippen molar-refractivity contribution < 1.29 is 13.9 Å². The summed E-state index contributed by atoms with van der Waals surface area (Å²) < 4.78 is 24.4. The van der Waals surface area contributed by atoms with Gasteiger partial charge in [0.25, 0.3) is 0 Å². The Morgan fingerprint density at radius 1 is 1.28 bits per heavy atom. The van der Waals surface area contributed by atoms with Gasteiger partial charge in [-0.25, -0.2) is 4.39 Å². The second-order valence-corrected chi connectivity index (χ2v) is 4.59. The Labute approximate surface area is 111 Å². The van der Waals surface area contributed by atoms with E-state index in [0.717, 1.165) is 5.69 Å². The molecule has 0 bridgehead atoms. The van der Waals surface area contributed by atoms with Crippen LogP contribution in [0, 0.1) is 5.82 Å². The molecule has 100 valence electrons. The van der Waals surface area contributed by atoms with Gasteiger partial charge in [-0.15, -0.1) is 11.6 Å². The van der Waals surface area contributed by atoms with Crippen molar-refractivity contribution >= 4 is 17.3 Å². The molecule has 1 aromatic carbocycles. The van der Waals surface area contributed by atoms with Crippen LogP contribution in [0.15, 0.2) is 18.2 Å². The van der Waals surface area contributed by atoms with E-state index in [1.807, 2.05) is 6.07 Å². The van der Waals surface area contributed by atoms with Crippen LogP contribution in [0.25, 0.3) is 0 Å². The van der Waals surface area contributed by atoms with E-state index in [4.69, 9.17) is 21.1 Å². The number of benzene rings is 1. The Morgan fingerprint density at radius 2 is 1.89 bits per heavy atom. The lowest BCUT2D eigenvalue weighted by molar-refractivity contribution is -0.00461. The summed E-state index contributed by atoms with van der Waals surface area (Å²) in [5, 5.41) is 0. The van der Waals surface area contributed by atoms with Crippen LogP contribution in [0.4, 0.5) is 10.1 Å². The highest BCUT2D eigenvalue weighted by Crippen LogP contribution is 2.29. The molecule has 1 heterocycles. The Morgan fingerprint density at radius 3 is 2.39 bits per heavy atom. The average molecular weight is 274 g/mol. The van der Waals surface area contributed by atoms with Crippen molar-refractivity contribution in [2.45, 2.75) is 18.1 Å². The van der Waals surface area contributed by atoms with Crippen molar-refractivity contribution in [2.24, 2.45) is 0 Å². The number of nitrogens with zero attached hydrogens (tertiary/aromatic N) is 1. The number of rotatable bonds is 4. The van der Waals surface area contributed by atoms with Crippen molar-refractivity contribution in [1.82, 2.24) is 0 Å². The topological polar surface area (TPSA) is 21.7 Å². The molecular formula is C13H17ClFNO2. The van der Waals surface area contributed by atoms with Gasteiger partial charge >= 0.3 is 0 Å². The van der Waals surface area contributed by atoms with Crippen LogP contribution in [0.3, 0.4) is 0 Å². The molecule has 0 saturated carbocycles. The minimum absolute atomic E-state index is 0.00134. The summed E-state index contributed by atoms with van der Waals surface area (Å²) in [7, 11) is 3.32. The number of alkyl halides is 1. The summed E-state index contributed by atoms with van der Waals surface area (Å²) >= 11 is 5.83. The molecule has 18 heavy (non-hydrogen) atoms. The summed E-state index contributed by atoms with van der Waals surface area (Å²) in [4.78, 5) is 2.06. The lowest BCUT2D eigenvalue weighted by Gasteiger charge is -2.21. The monoisotopic (exact) mass is 273 g/mol. The largest absolute Gasteiger partial charge is 0.377 e. The van der Waals surface area contributed by atoms with Crippen LogP contribution < -0.4 is 4.90 Å². The van der Waals surface area contributed by atoms with E-state index in [-0.39, 0.29) is 23.9 Å². The molecule has 0 N–H and O–H groups in total. The first-order valence-corrected chi connectivity index (χ1v) is 6.38. The fourth-order valence-corrected chi connectivity index (χ4v) is 2.63. The third-order valence-electron chi connectivity index (χ3n) is 3.39. The first-order chi connectivity index (χ1) is 8.71. The van der Waals surface area contributed by atoms with Gasteiger partial charge < -0.3 is 14.4 Å². The molecule has 3 nitrogen and oxygen atoms in total. The van der Waals surface area contributed by atoms with Gasteiger partial charge in [-0.2, -0.15) is 0 Å². The van der Waals surface area contributed by atoms with Crippen LogP contribution in [0.1, 0.15) is 5.56 Å². The zero-order valence-electron chi connectivity index (χ0n) is 10.5. The van der Waals surface area contributed by atoms with Crippen molar-refractivity contribution in [1.29, 1.82) is 0 Å². The quantitative estimate of drug-likeness (QED) is 0.787. The van der Waals surface area contributed by atoms with Gasteiger partial charge in [0.2, 0.25) is 0 Å². The Bertz CT molecular complexity index is 404. The lowest BCUT2D eigenvalue weighted by atomic mass is 10.1. The van der Waals surface area contributed by atoms with Crippen LogP contribution in [0.2, 0.25) is 0 Å².